The molecule has 24 heavy (non-hydrogen) atoms. The number of rotatable bonds is 3. The summed E-state index contributed by atoms with van der Waals surface area (Å²) in [5.41, 5.74) is 2.13. The first-order chi connectivity index (χ1) is 11.6. The fraction of sp³-hybridized carbons (Fsp3) is 0.263. The van der Waals surface area contributed by atoms with E-state index in [4.69, 9.17) is 9.84 Å². The third-order valence-electron chi connectivity index (χ3n) is 4.30. The van der Waals surface area contributed by atoms with Crippen LogP contribution >= 0.6 is 0 Å². The Morgan fingerprint density at radius 3 is 2.58 bits per heavy atom. The first-order valence-corrected chi connectivity index (χ1v) is 7.76. The van der Waals surface area contributed by atoms with Gasteiger partial charge in [0, 0.05) is 11.8 Å². The number of ether oxygens (including phenoxy) is 1. The van der Waals surface area contributed by atoms with Crippen LogP contribution in [0.1, 0.15) is 36.0 Å². The molecule has 1 aromatic carbocycles. The number of benzene rings is 1. The van der Waals surface area contributed by atoms with Crippen molar-refractivity contribution in [2.24, 2.45) is 0 Å². The molecule has 2 N–H and O–H groups in total. The number of hydrogen-bond acceptors (Lipinski definition) is 3. The maximum absolute atomic E-state index is 11.0. The first kappa shape index (κ1) is 15.9. The Hall–Kier alpha value is -3.00. The number of nitrogens with zero attached hydrogens (tertiary/aromatic N) is 1. The first-order valence-electron chi connectivity index (χ1n) is 7.76. The zero-order valence-corrected chi connectivity index (χ0v) is 13.4. The summed E-state index contributed by atoms with van der Waals surface area (Å²) >= 11 is 0. The normalized spacial score (nSPS) is 14.7. The Kier molecular flexibility index (Phi) is 4.39. The van der Waals surface area contributed by atoms with E-state index < -0.39 is 11.6 Å². The van der Waals surface area contributed by atoms with Crippen LogP contribution in [0.5, 0.6) is 5.88 Å². The summed E-state index contributed by atoms with van der Waals surface area (Å²) in [5.74, 6) is 6.64. The number of amides is 1. The molecule has 0 saturated heterocycles. The Morgan fingerprint density at radius 1 is 1.25 bits per heavy atom. The van der Waals surface area contributed by atoms with E-state index in [9.17, 15) is 4.79 Å². The number of aromatic nitrogens is 1. The Labute approximate surface area is 140 Å². The summed E-state index contributed by atoms with van der Waals surface area (Å²) in [6, 6.07) is 11.4. The second-order valence-electron chi connectivity index (χ2n) is 5.75. The third kappa shape index (κ3) is 3.18. The van der Waals surface area contributed by atoms with Gasteiger partial charge in [0.05, 0.1) is 18.2 Å². The highest BCUT2D eigenvalue weighted by molar-refractivity contribution is 5.66. The number of pyridine rings is 1. The van der Waals surface area contributed by atoms with Gasteiger partial charge in [0.25, 0.3) is 0 Å². The molecule has 0 unspecified atom stereocenters. The standard InChI is InChI=1S/C19H18N2O3/c1-24-17-15(4-2-13-20-17)8-5-14-6-9-16(10-7-14)19(11-3-12-19)21-18(22)23/h2,4,6-7,9-10,13,21H,3,11-12H2,1H3,(H,22,23). The van der Waals surface area contributed by atoms with Crippen LogP contribution in [-0.4, -0.2) is 23.3 Å². The maximum atomic E-state index is 11.0. The number of carboxylic acid groups (broad SMARTS) is 1. The van der Waals surface area contributed by atoms with Crippen molar-refractivity contribution in [1.82, 2.24) is 10.3 Å². The lowest BCUT2D eigenvalue weighted by molar-refractivity contribution is 0.144. The quantitative estimate of drug-likeness (QED) is 0.852. The van der Waals surface area contributed by atoms with Gasteiger partial charge in [-0.05, 0) is 49.1 Å². The molecule has 1 saturated carbocycles. The van der Waals surface area contributed by atoms with Crippen LogP contribution in [0.15, 0.2) is 42.6 Å². The Morgan fingerprint density at radius 2 is 2.00 bits per heavy atom. The zero-order valence-electron chi connectivity index (χ0n) is 13.4. The summed E-state index contributed by atoms with van der Waals surface area (Å²) in [4.78, 5) is 15.1. The highest BCUT2D eigenvalue weighted by Crippen LogP contribution is 2.41. The summed E-state index contributed by atoms with van der Waals surface area (Å²) in [7, 11) is 1.57. The summed E-state index contributed by atoms with van der Waals surface area (Å²) in [6.45, 7) is 0. The van der Waals surface area contributed by atoms with E-state index in [2.05, 4.69) is 22.1 Å². The molecular weight excluding hydrogens is 304 g/mol. The molecule has 1 fully saturated rings. The van der Waals surface area contributed by atoms with Gasteiger partial charge in [0.15, 0.2) is 0 Å². The smallest absolute Gasteiger partial charge is 0.405 e. The molecule has 2 aromatic rings. The van der Waals surface area contributed by atoms with Crippen LogP contribution in [0.3, 0.4) is 0 Å². The highest BCUT2D eigenvalue weighted by atomic mass is 16.5. The second kappa shape index (κ2) is 6.63. The molecular formula is C19H18N2O3. The highest BCUT2D eigenvalue weighted by Gasteiger charge is 2.39. The van der Waals surface area contributed by atoms with Crippen molar-refractivity contribution in [3.05, 3.63) is 59.3 Å². The third-order valence-corrected chi connectivity index (χ3v) is 4.30. The van der Waals surface area contributed by atoms with Gasteiger partial charge in [-0.2, -0.15) is 0 Å². The molecule has 0 bridgehead atoms. The summed E-state index contributed by atoms with van der Waals surface area (Å²) < 4.78 is 5.18. The molecule has 122 valence electrons. The van der Waals surface area contributed by atoms with Gasteiger partial charge in [-0.25, -0.2) is 9.78 Å². The SMILES string of the molecule is COc1ncccc1C#Cc1ccc(C2(NC(=O)O)CCC2)cc1. The van der Waals surface area contributed by atoms with Crippen molar-refractivity contribution in [2.45, 2.75) is 24.8 Å². The molecule has 1 aromatic heterocycles. The lowest BCUT2D eigenvalue weighted by Crippen LogP contribution is -2.50. The summed E-state index contributed by atoms with van der Waals surface area (Å²) in [5, 5.41) is 11.7. The fourth-order valence-electron chi connectivity index (χ4n) is 2.88. The zero-order chi connectivity index (χ0) is 17.0. The van der Waals surface area contributed by atoms with Gasteiger partial charge in [-0.1, -0.05) is 24.0 Å². The van der Waals surface area contributed by atoms with Crippen molar-refractivity contribution < 1.29 is 14.6 Å². The van der Waals surface area contributed by atoms with Gasteiger partial charge in [-0.3, -0.25) is 0 Å². The molecule has 1 heterocycles. The molecule has 0 radical (unpaired) electrons. The average molecular weight is 322 g/mol. The number of nitrogens with one attached hydrogen (secondary N) is 1. The monoisotopic (exact) mass is 322 g/mol. The Bertz CT molecular complexity index is 799. The largest absolute Gasteiger partial charge is 0.480 e. The molecule has 5 heteroatoms. The lowest BCUT2D eigenvalue weighted by atomic mass is 9.72. The van der Waals surface area contributed by atoms with Crippen LogP contribution in [0.4, 0.5) is 4.79 Å². The van der Waals surface area contributed by atoms with Crippen LogP contribution in [-0.2, 0) is 5.54 Å². The van der Waals surface area contributed by atoms with Crippen LogP contribution in [0, 0.1) is 11.8 Å². The van der Waals surface area contributed by atoms with E-state index in [0.29, 0.717) is 5.88 Å². The van der Waals surface area contributed by atoms with E-state index in [0.717, 1.165) is 36.0 Å². The van der Waals surface area contributed by atoms with Crippen molar-refractivity contribution >= 4 is 6.09 Å². The molecule has 5 nitrogen and oxygen atoms in total. The average Bonchev–Trinajstić information content (AvgIpc) is 2.57. The number of methoxy groups -OCH3 is 1. The van der Waals surface area contributed by atoms with Gasteiger partial charge in [0.2, 0.25) is 5.88 Å². The molecule has 0 spiro atoms. The minimum absolute atomic E-state index is 0.440. The minimum Gasteiger partial charge on any atom is -0.480 e. The van der Waals surface area contributed by atoms with Crippen molar-refractivity contribution in [3.63, 3.8) is 0 Å². The molecule has 3 rings (SSSR count). The van der Waals surface area contributed by atoms with Crippen LogP contribution < -0.4 is 10.1 Å². The van der Waals surface area contributed by atoms with E-state index in [1.165, 1.54) is 0 Å². The van der Waals surface area contributed by atoms with Gasteiger partial charge in [0.1, 0.15) is 0 Å². The minimum atomic E-state index is -0.984. The molecule has 1 aliphatic rings. The van der Waals surface area contributed by atoms with Crippen LogP contribution in [0.25, 0.3) is 0 Å². The molecule has 1 aliphatic carbocycles. The molecule has 1 amide bonds. The lowest BCUT2D eigenvalue weighted by Gasteiger charge is -2.42. The Balaban J connectivity index is 1.81. The van der Waals surface area contributed by atoms with E-state index in [1.807, 2.05) is 36.4 Å². The topological polar surface area (TPSA) is 71.5 Å². The molecule has 0 aliphatic heterocycles. The van der Waals surface area contributed by atoms with Crippen LogP contribution in [0.2, 0.25) is 0 Å². The predicted molar refractivity (Wildman–Crippen MR) is 89.9 cm³/mol. The number of hydrogen-bond donors (Lipinski definition) is 2. The van der Waals surface area contributed by atoms with Crippen molar-refractivity contribution in [2.75, 3.05) is 7.11 Å². The van der Waals surface area contributed by atoms with Gasteiger partial charge in [-0.15, -0.1) is 0 Å². The van der Waals surface area contributed by atoms with Crippen molar-refractivity contribution in [1.29, 1.82) is 0 Å². The molecule has 0 atom stereocenters. The fourth-order valence-corrected chi connectivity index (χ4v) is 2.88. The summed E-state index contributed by atoms with van der Waals surface area (Å²) in [6.07, 6.45) is 3.37. The van der Waals surface area contributed by atoms with Gasteiger partial charge < -0.3 is 15.2 Å². The van der Waals surface area contributed by atoms with E-state index >= 15 is 0 Å². The van der Waals surface area contributed by atoms with E-state index in [-0.39, 0.29) is 0 Å². The van der Waals surface area contributed by atoms with Crippen molar-refractivity contribution in [3.8, 4) is 17.7 Å². The van der Waals surface area contributed by atoms with Gasteiger partial charge >= 0.3 is 6.09 Å². The maximum Gasteiger partial charge on any atom is 0.405 e. The van der Waals surface area contributed by atoms with E-state index in [1.54, 1.807) is 13.3 Å². The predicted octanol–water partition coefficient (Wildman–Crippen LogP) is 3.14. The second-order valence-corrected chi connectivity index (χ2v) is 5.75. The number of carbonyl (C=O) groups is 1.